The Balaban J connectivity index is 1.14. The molecule has 1 nitrogen and oxygen atoms in total. The van der Waals surface area contributed by atoms with Gasteiger partial charge >= 0.3 is 0 Å². The molecule has 4 heteroatoms. The number of ether oxygens (including phenoxy) is 1. The van der Waals surface area contributed by atoms with Crippen LogP contribution >= 0.6 is 0 Å². The van der Waals surface area contributed by atoms with Gasteiger partial charge in [-0.1, -0.05) is 113 Å². The maximum Gasteiger partial charge on any atom is 0.201 e. The van der Waals surface area contributed by atoms with Crippen molar-refractivity contribution < 1.29 is 17.9 Å². The number of allylic oxidation sites excluding steroid dienone is 4. The minimum absolute atomic E-state index is 0.0528. The first-order chi connectivity index (χ1) is 23.5. The summed E-state index contributed by atoms with van der Waals surface area (Å²) in [5, 5.41) is 0. The second-order valence-electron chi connectivity index (χ2n) is 14.2. The van der Waals surface area contributed by atoms with Crippen LogP contribution in [0, 0.1) is 35.2 Å². The largest absolute Gasteiger partial charge is 0.490 e. The average molecular weight is 657 g/mol. The molecule has 0 heterocycles. The van der Waals surface area contributed by atoms with E-state index in [4.69, 9.17) is 4.74 Å². The third kappa shape index (κ3) is 9.67. The Kier molecular flexibility index (Phi) is 13.9. The van der Waals surface area contributed by atoms with E-state index >= 15 is 8.78 Å². The number of hydrogen-bond acceptors (Lipinski definition) is 1. The lowest BCUT2D eigenvalue weighted by Crippen LogP contribution is -2.23. The first-order valence-corrected chi connectivity index (χ1v) is 18.8. The zero-order valence-corrected chi connectivity index (χ0v) is 29.2. The van der Waals surface area contributed by atoms with Crippen molar-refractivity contribution in [2.75, 3.05) is 6.61 Å². The van der Waals surface area contributed by atoms with Crippen LogP contribution in [0.1, 0.15) is 122 Å². The van der Waals surface area contributed by atoms with Crippen molar-refractivity contribution >= 4 is 5.57 Å². The highest BCUT2D eigenvalue weighted by Crippen LogP contribution is 2.42. The molecule has 1 saturated carbocycles. The van der Waals surface area contributed by atoms with E-state index < -0.39 is 11.6 Å². The van der Waals surface area contributed by atoms with Crippen molar-refractivity contribution in [1.29, 1.82) is 0 Å². The van der Waals surface area contributed by atoms with Crippen LogP contribution in [-0.4, -0.2) is 6.61 Å². The molecule has 0 amide bonds. The quantitative estimate of drug-likeness (QED) is 0.110. The molecule has 0 bridgehead atoms. The summed E-state index contributed by atoms with van der Waals surface area (Å²) in [5.74, 6) is 0.272. The van der Waals surface area contributed by atoms with E-state index in [2.05, 4.69) is 32.1 Å². The molecule has 0 radical (unpaired) electrons. The summed E-state index contributed by atoms with van der Waals surface area (Å²) in [7, 11) is 0. The highest BCUT2D eigenvalue weighted by molar-refractivity contribution is 5.74. The molecule has 0 saturated heterocycles. The van der Waals surface area contributed by atoms with Crippen LogP contribution in [0.3, 0.4) is 0 Å². The zero-order chi connectivity index (χ0) is 33.7. The van der Waals surface area contributed by atoms with E-state index in [0.717, 1.165) is 55.4 Å². The van der Waals surface area contributed by atoms with Crippen LogP contribution < -0.4 is 4.74 Å². The first-order valence-electron chi connectivity index (χ1n) is 18.8. The van der Waals surface area contributed by atoms with Gasteiger partial charge in [-0.15, -0.1) is 0 Å². The molecule has 0 aliphatic heterocycles. The lowest BCUT2D eigenvalue weighted by molar-refractivity contribution is 0.190. The molecule has 1 fully saturated rings. The summed E-state index contributed by atoms with van der Waals surface area (Å²) in [5.41, 5.74) is 4.13. The number of halogens is 3. The van der Waals surface area contributed by atoms with Gasteiger partial charge in [-0.25, -0.2) is 8.78 Å². The van der Waals surface area contributed by atoms with Gasteiger partial charge < -0.3 is 4.74 Å². The summed E-state index contributed by atoms with van der Waals surface area (Å²) in [6, 6.07) is 15.6. The summed E-state index contributed by atoms with van der Waals surface area (Å²) in [6.07, 6.45) is 26.0. The summed E-state index contributed by atoms with van der Waals surface area (Å²) in [6.45, 7) is 4.68. The van der Waals surface area contributed by atoms with E-state index in [-0.39, 0.29) is 17.1 Å². The maximum absolute atomic E-state index is 15.5. The van der Waals surface area contributed by atoms with E-state index in [1.807, 2.05) is 12.1 Å². The predicted molar refractivity (Wildman–Crippen MR) is 195 cm³/mol. The molecule has 1 atom stereocenters. The number of hydrogen-bond donors (Lipinski definition) is 0. The van der Waals surface area contributed by atoms with E-state index in [1.54, 1.807) is 36.4 Å². The van der Waals surface area contributed by atoms with Crippen molar-refractivity contribution in [3.8, 4) is 28.0 Å². The van der Waals surface area contributed by atoms with Crippen LogP contribution in [0.25, 0.3) is 27.8 Å². The van der Waals surface area contributed by atoms with Gasteiger partial charge in [0.05, 0.1) is 6.61 Å². The van der Waals surface area contributed by atoms with Crippen molar-refractivity contribution in [2.24, 2.45) is 17.8 Å². The molecule has 2 aliphatic rings. The Labute approximate surface area is 287 Å². The molecule has 5 rings (SSSR count). The molecular weight excluding hydrogens is 601 g/mol. The van der Waals surface area contributed by atoms with E-state index in [1.165, 1.54) is 82.3 Å². The normalized spacial score (nSPS) is 19.9. The Morgan fingerprint density at radius 2 is 1.38 bits per heavy atom. The van der Waals surface area contributed by atoms with Gasteiger partial charge in [-0.2, -0.15) is 4.39 Å². The van der Waals surface area contributed by atoms with Crippen LogP contribution in [-0.2, 0) is 0 Å². The van der Waals surface area contributed by atoms with Crippen molar-refractivity contribution in [1.82, 2.24) is 0 Å². The van der Waals surface area contributed by atoms with Gasteiger partial charge in [0.1, 0.15) is 5.82 Å². The van der Waals surface area contributed by atoms with E-state index in [0.29, 0.717) is 23.3 Å². The zero-order valence-electron chi connectivity index (χ0n) is 29.2. The molecular formula is C44H55F3O. The highest BCUT2D eigenvalue weighted by Gasteiger charge is 2.28. The van der Waals surface area contributed by atoms with Gasteiger partial charge in [-0.05, 0) is 117 Å². The van der Waals surface area contributed by atoms with Gasteiger partial charge in [-0.3, -0.25) is 0 Å². The SMILES string of the molecule is C/C=C/CCC1CCC(C2CC=C(c3ccc(-c4ccc(-c5ccc(OCCCCCCCCC)c(F)c5F)cc4)c(F)c3)CC2)CC1. The van der Waals surface area contributed by atoms with Crippen molar-refractivity contribution in [3.63, 3.8) is 0 Å². The topological polar surface area (TPSA) is 9.23 Å². The predicted octanol–water partition coefficient (Wildman–Crippen LogP) is 13.9. The van der Waals surface area contributed by atoms with Gasteiger partial charge in [0.2, 0.25) is 5.82 Å². The fraction of sp³-hybridized carbons (Fsp3) is 0.500. The lowest BCUT2D eigenvalue weighted by Gasteiger charge is -2.35. The summed E-state index contributed by atoms with van der Waals surface area (Å²) < 4.78 is 51.0. The van der Waals surface area contributed by atoms with Gasteiger partial charge in [0, 0.05) is 11.1 Å². The minimum Gasteiger partial charge on any atom is -0.490 e. The Hall–Kier alpha value is -3.27. The third-order valence-corrected chi connectivity index (χ3v) is 10.9. The minimum atomic E-state index is -0.965. The molecule has 48 heavy (non-hydrogen) atoms. The first kappa shape index (κ1) is 36.0. The molecule has 3 aromatic carbocycles. The molecule has 0 aromatic heterocycles. The van der Waals surface area contributed by atoms with Crippen LogP contribution in [0.4, 0.5) is 13.2 Å². The average Bonchev–Trinajstić information content (AvgIpc) is 3.12. The van der Waals surface area contributed by atoms with Crippen LogP contribution in [0.2, 0.25) is 0 Å². The molecule has 3 aromatic rings. The Morgan fingerprint density at radius 1 is 0.708 bits per heavy atom. The summed E-state index contributed by atoms with van der Waals surface area (Å²) in [4.78, 5) is 0. The van der Waals surface area contributed by atoms with Gasteiger partial charge in [0.25, 0.3) is 0 Å². The monoisotopic (exact) mass is 656 g/mol. The van der Waals surface area contributed by atoms with Crippen LogP contribution in [0.15, 0.2) is 72.8 Å². The third-order valence-electron chi connectivity index (χ3n) is 10.9. The van der Waals surface area contributed by atoms with E-state index in [9.17, 15) is 4.39 Å². The Morgan fingerprint density at radius 3 is 2.04 bits per heavy atom. The second kappa shape index (κ2) is 18.5. The second-order valence-corrected chi connectivity index (χ2v) is 14.2. The number of unbranched alkanes of at least 4 members (excludes halogenated alkanes) is 6. The highest BCUT2D eigenvalue weighted by atomic mass is 19.2. The standard InChI is InChI=1S/C44H55F3O/c1-3-5-7-8-9-10-12-30-48-42-29-28-40(43(46)44(42)47)37-24-22-36(23-25-37)39-27-26-38(31-41(39)45)35-20-18-34(19-21-35)33-16-14-32(15-17-33)13-11-6-4-2/h4,6,20,22-29,31-34H,3,5,7-19,21,30H2,1-2H3/b6-4+. The smallest absolute Gasteiger partial charge is 0.201 e. The molecule has 258 valence electrons. The molecule has 0 spiro atoms. The fourth-order valence-corrected chi connectivity index (χ4v) is 7.88. The molecule has 1 unspecified atom stereocenters. The van der Waals surface area contributed by atoms with Crippen LogP contribution in [0.5, 0.6) is 5.75 Å². The number of benzene rings is 3. The molecule has 0 N–H and O–H groups in total. The maximum atomic E-state index is 15.5. The lowest BCUT2D eigenvalue weighted by atomic mass is 9.70. The fourth-order valence-electron chi connectivity index (χ4n) is 7.88. The van der Waals surface area contributed by atoms with Gasteiger partial charge in [0.15, 0.2) is 11.6 Å². The molecule has 2 aliphatic carbocycles. The van der Waals surface area contributed by atoms with Crippen molar-refractivity contribution in [2.45, 2.75) is 117 Å². The summed E-state index contributed by atoms with van der Waals surface area (Å²) >= 11 is 0. The number of rotatable bonds is 16. The Bertz CT molecular complexity index is 1500. The van der Waals surface area contributed by atoms with Crippen molar-refractivity contribution in [3.05, 3.63) is 95.8 Å².